The molecule has 4 heteroatoms. The van der Waals surface area contributed by atoms with Crippen LogP contribution in [0.4, 0.5) is 0 Å². The summed E-state index contributed by atoms with van der Waals surface area (Å²) >= 11 is 5.42. The van der Waals surface area contributed by atoms with Crippen LogP contribution < -0.4 is 0 Å². The summed E-state index contributed by atoms with van der Waals surface area (Å²) < 4.78 is 10.7. The zero-order valence-corrected chi connectivity index (χ0v) is 9.79. The lowest BCUT2D eigenvalue weighted by atomic mass is 10.3. The van der Waals surface area contributed by atoms with Crippen molar-refractivity contribution in [2.75, 3.05) is 25.7 Å². The Morgan fingerprint density at radius 2 is 2.07 bits per heavy atom. The zero-order valence-electron chi connectivity index (χ0n) is 9.04. The lowest BCUT2D eigenvalue weighted by Crippen LogP contribution is -2.24. The first-order valence-corrected chi connectivity index (χ1v) is 5.67. The Hall–Kier alpha value is 0.170. The van der Waals surface area contributed by atoms with E-state index in [2.05, 4.69) is 6.92 Å². The van der Waals surface area contributed by atoms with Crippen LogP contribution in [0.5, 0.6) is 0 Å². The van der Waals surface area contributed by atoms with Gasteiger partial charge in [0.1, 0.15) is 0 Å². The first kappa shape index (κ1) is 14.2. The van der Waals surface area contributed by atoms with E-state index in [0.29, 0.717) is 6.61 Å². The average molecular weight is 225 g/mol. The maximum absolute atomic E-state index is 9.12. The number of alkyl halides is 1. The molecule has 0 aliphatic carbocycles. The van der Waals surface area contributed by atoms with Gasteiger partial charge < -0.3 is 14.6 Å². The molecule has 0 fully saturated rings. The van der Waals surface area contributed by atoms with E-state index in [-0.39, 0.29) is 18.6 Å². The van der Waals surface area contributed by atoms with E-state index in [1.165, 1.54) is 0 Å². The molecule has 0 saturated carbocycles. The van der Waals surface area contributed by atoms with E-state index in [1.807, 2.05) is 6.92 Å². The number of aliphatic hydroxyl groups excluding tert-OH is 1. The van der Waals surface area contributed by atoms with Gasteiger partial charge in [-0.05, 0) is 13.3 Å². The minimum atomic E-state index is -0.574. The summed E-state index contributed by atoms with van der Waals surface area (Å²) in [5, 5.41) is 9.12. The van der Waals surface area contributed by atoms with Gasteiger partial charge in [0.2, 0.25) is 0 Å². The van der Waals surface area contributed by atoms with Crippen LogP contribution in [0.3, 0.4) is 0 Å². The summed E-state index contributed by atoms with van der Waals surface area (Å²) in [7, 11) is 0. The van der Waals surface area contributed by atoms with Crippen LogP contribution in [0, 0.1) is 0 Å². The fourth-order valence-electron chi connectivity index (χ4n) is 0.864. The van der Waals surface area contributed by atoms with E-state index in [0.717, 1.165) is 19.4 Å². The van der Waals surface area contributed by atoms with Gasteiger partial charge in [0.15, 0.2) is 0 Å². The van der Waals surface area contributed by atoms with Crippen molar-refractivity contribution in [3.8, 4) is 0 Å². The molecule has 0 bridgehead atoms. The Bertz CT molecular complexity index is 122. The molecule has 0 heterocycles. The van der Waals surface area contributed by atoms with Gasteiger partial charge >= 0.3 is 0 Å². The third kappa shape index (κ3) is 8.75. The molecular formula is C10H21ClO3. The van der Waals surface area contributed by atoms with Crippen molar-refractivity contribution in [1.29, 1.82) is 0 Å². The molecule has 0 aromatic heterocycles. The zero-order chi connectivity index (χ0) is 10.8. The molecule has 0 aromatic carbocycles. The van der Waals surface area contributed by atoms with Crippen LogP contribution in [0.2, 0.25) is 0 Å². The number of unbranched alkanes of at least 4 members (excludes halogenated alkanes) is 1. The van der Waals surface area contributed by atoms with Gasteiger partial charge in [-0.3, -0.25) is 0 Å². The minimum absolute atomic E-state index is 0.0183. The predicted octanol–water partition coefficient (Wildman–Crippen LogP) is 1.81. The highest BCUT2D eigenvalue weighted by atomic mass is 35.5. The highest BCUT2D eigenvalue weighted by molar-refractivity contribution is 6.18. The molecule has 2 atom stereocenters. The van der Waals surface area contributed by atoms with Gasteiger partial charge in [0.05, 0.1) is 31.3 Å². The van der Waals surface area contributed by atoms with Crippen LogP contribution >= 0.6 is 11.6 Å². The van der Waals surface area contributed by atoms with E-state index in [1.54, 1.807) is 0 Å². The normalized spacial score (nSPS) is 15.4. The molecule has 0 radical (unpaired) electrons. The summed E-state index contributed by atoms with van der Waals surface area (Å²) in [5.74, 6) is 0.212. The van der Waals surface area contributed by atoms with E-state index >= 15 is 0 Å². The van der Waals surface area contributed by atoms with Gasteiger partial charge in [-0.2, -0.15) is 0 Å². The molecule has 1 N–H and O–H groups in total. The van der Waals surface area contributed by atoms with E-state index < -0.39 is 6.10 Å². The maximum Gasteiger partial charge on any atom is 0.0908 e. The van der Waals surface area contributed by atoms with E-state index in [4.69, 9.17) is 26.2 Å². The summed E-state index contributed by atoms with van der Waals surface area (Å²) in [6.45, 7) is 5.69. The number of aliphatic hydroxyl groups is 1. The Morgan fingerprint density at radius 1 is 1.36 bits per heavy atom. The van der Waals surface area contributed by atoms with Gasteiger partial charge in [-0.1, -0.05) is 13.3 Å². The smallest absolute Gasteiger partial charge is 0.0908 e. The van der Waals surface area contributed by atoms with Crippen molar-refractivity contribution >= 4 is 11.6 Å². The summed E-state index contributed by atoms with van der Waals surface area (Å²) in [5.41, 5.74) is 0. The van der Waals surface area contributed by atoms with Crippen LogP contribution in [0.25, 0.3) is 0 Å². The maximum atomic E-state index is 9.12. The minimum Gasteiger partial charge on any atom is -0.389 e. The van der Waals surface area contributed by atoms with Crippen molar-refractivity contribution in [3.05, 3.63) is 0 Å². The van der Waals surface area contributed by atoms with Crippen LogP contribution in [0.15, 0.2) is 0 Å². The van der Waals surface area contributed by atoms with Crippen LogP contribution in [-0.4, -0.2) is 43.0 Å². The summed E-state index contributed by atoms with van der Waals surface area (Å²) in [6, 6.07) is 0. The standard InChI is InChI=1S/C10H21ClO3/c1-3-4-5-13-7-9(2)14-8-10(12)6-11/h9-10,12H,3-8H2,1-2H3. The molecule has 86 valence electrons. The predicted molar refractivity (Wildman–Crippen MR) is 57.9 cm³/mol. The van der Waals surface area contributed by atoms with Crippen LogP contribution in [-0.2, 0) is 9.47 Å². The number of halogens is 1. The van der Waals surface area contributed by atoms with Gasteiger partial charge in [-0.25, -0.2) is 0 Å². The fraction of sp³-hybridized carbons (Fsp3) is 1.00. The Balaban J connectivity index is 3.23. The second-order valence-corrected chi connectivity index (χ2v) is 3.69. The monoisotopic (exact) mass is 224 g/mol. The van der Waals surface area contributed by atoms with Gasteiger partial charge in [-0.15, -0.1) is 11.6 Å². The highest BCUT2D eigenvalue weighted by Crippen LogP contribution is 1.97. The van der Waals surface area contributed by atoms with Crippen molar-refractivity contribution in [3.63, 3.8) is 0 Å². The Kier molecular flexibility index (Phi) is 9.83. The molecule has 0 aliphatic heterocycles. The topological polar surface area (TPSA) is 38.7 Å². The molecule has 14 heavy (non-hydrogen) atoms. The molecule has 3 nitrogen and oxygen atoms in total. The summed E-state index contributed by atoms with van der Waals surface area (Å²) in [6.07, 6.45) is 1.66. The SMILES string of the molecule is CCCCOCC(C)OCC(O)CCl. The summed E-state index contributed by atoms with van der Waals surface area (Å²) in [4.78, 5) is 0. The van der Waals surface area contributed by atoms with Crippen LogP contribution in [0.1, 0.15) is 26.7 Å². The third-order valence-corrected chi connectivity index (χ3v) is 2.10. The molecule has 2 unspecified atom stereocenters. The largest absolute Gasteiger partial charge is 0.389 e. The highest BCUT2D eigenvalue weighted by Gasteiger charge is 2.06. The second kappa shape index (κ2) is 9.71. The molecule has 0 spiro atoms. The average Bonchev–Trinajstić information content (AvgIpc) is 2.21. The van der Waals surface area contributed by atoms with Crippen molar-refractivity contribution < 1.29 is 14.6 Å². The molecule has 0 amide bonds. The van der Waals surface area contributed by atoms with Crippen molar-refractivity contribution in [2.24, 2.45) is 0 Å². The van der Waals surface area contributed by atoms with Gasteiger partial charge in [0.25, 0.3) is 0 Å². The fourth-order valence-corrected chi connectivity index (χ4v) is 0.953. The van der Waals surface area contributed by atoms with E-state index in [9.17, 15) is 0 Å². The third-order valence-electron chi connectivity index (χ3n) is 1.75. The molecule has 0 saturated heterocycles. The number of hydrogen-bond acceptors (Lipinski definition) is 3. The number of hydrogen-bond donors (Lipinski definition) is 1. The molecular weight excluding hydrogens is 204 g/mol. The number of rotatable bonds is 9. The lowest BCUT2D eigenvalue weighted by Gasteiger charge is -2.15. The first-order chi connectivity index (χ1) is 6.70. The first-order valence-electron chi connectivity index (χ1n) is 5.14. The molecule has 0 aromatic rings. The number of ether oxygens (including phenoxy) is 2. The van der Waals surface area contributed by atoms with Crippen molar-refractivity contribution in [1.82, 2.24) is 0 Å². The quantitative estimate of drug-likeness (QED) is 0.480. The Labute approximate surface area is 91.3 Å². The van der Waals surface area contributed by atoms with Gasteiger partial charge in [0, 0.05) is 6.61 Å². The van der Waals surface area contributed by atoms with Crippen molar-refractivity contribution in [2.45, 2.75) is 38.9 Å². The lowest BCUT2D eigenvalue weighted by molar-refractivity contribution is -0.0360. The second-order valence-electron chi connectivity index (χ2n) is 3.38. The Morgan fingerprint density at radius 3 is 2.64 bits per heavy atom. The molecule has 0 aliphatic rings. The molecule has 0 rings (SSSR count).